The van der Waals surface area contributed by atoms with Gasteiger partial charge in [-0.15, -0.1) is 0 Å². The molecule has 0 radical (unpaired) electrons. The predicted octanol–water partition coefficient (Wildman–Crippen LogP) is 3.04. The molecule has 1 N–H and O–H groups in total. The molecule has 2 rings (SSSR count). The lowest BCUT2D eigenvalue weighted by molar-refractivity contribution is -0.693. The number of halogens is 1. The quantitative estimate of drug-likeness (QED) is 0.140. The van der Waals surface area contributed by atoms with E-state index in [4.69, 9.17) is 14.2 Å². The number of pyridine rings is 1. The summed E-state index contributed by atoms with van der Waals surface area (Å²) < 4.78 is 19.2. The van der Waals surface area contributed by atoms with E-state index in [1.807, 2.05) is 12.1 Å². The molecule has 0 spiro atoms. The van der Waals surface area contributed by atoms with Crippen molar-refractivity contribution < 1.29 is 47.5 Å². The highest BCUT2D eigenvalue weighted by Crippen LogP contribution is 2.31. The van der Waals surface area contributed by atoms with Gasteiger partial charge in [0.2, 0.25) is 0 Å². The van der Waals surface area contributed by atoms with Crippen LogP contribution in [0.3, 0.4) is 0 Å². The molecule has 1 aromatic heterocycles. The highest BCUT2D eigenvalue weighted by molar-refractivity contribution is 5.77. The molecule has 0 saturated heterocycles. The van der Waals surface area contributed by atoms with Crippen molar-refractivity contribution in [1.82, 2.24) is 5.32 Å². The number of nitrogens with zero attached hydrogens (tertiary/aromatic N) is 1. The third-order valence-electron chi connectivity index (χ3n) is 6.32. The largest absolute Gasteiger partial charge is 1.00 e. The van der Waals surface area contributed by atoms with Crippen molar-refractivity contribution in [3.05, 3.63) is 48.3 Å². The molecule has 0 saturated carbocycles. The van der Waals surface area contributed by atoms with Crippen molar-refractivity contribution >= 4 is 5.91 Å². The summed E-state index contributed by atoms with van der Waals surface area (Å²) >= 11 is 0. The second-order valence-electron chi connectivity index (χ2n) is 9.27. The van der Waals surface area contributed by atoms with Crippen molar-refractivity contribution in [2.75, 3.05) is 26.9 Å². The second kappa shape index (κ2) is 21.0. The van der Waals surface area contributed by atoms with Gasteiger partial charge in [-0.25, -0.2) is 4.57 Å². The molecule has 1 amide bonds. The van der Waals surface area contributed by atoms with E-state index in [0.717, 1.165) is 19.4 Å². The molecule has 0 aliphatic rings. The molecule has 7 heteroatoms. The van der Waals surface area contributed by atoms with Crippen LogP contribution >= 0.6 is 0 Å². The molecule has 0 atom stereocenters. The minimum atomic E-state index is -0.144. The lowest BCUT2D eigenvalue weighted by Crippen LogP contribution is -3.00. The fourth-order valence-electron chi connectivity index (χ4n) is 4.04. The van der Waals surface area contributed by atoms with Gasteiger partial charge in [-0.1, -0.05) is 64.7 Å². The van der Waals surface area contributed by atoms with E-state index in [9.17, 15) is 4.79 Å². The van der Waals surface area contributed by atoms with E-state index >= 15 is 0 Å². The predicted molar refractivity (Wildman–Crippen MR) is 145 cm³/mol. The molecule has 0 unspecified atom stereocenters. The second-order valence-corrected chi connectivity index (χ2v) is 9.27. The molecule has 1 heterocycles. The van der Waals surface area contributed by atoms with E-state index in [2.05, 4.69) is 48.3 Å². The lowest BCUT2D eigenvalue weighted by Gasteiger charge is -2.13. The van der Waals surface area contributed by atoms with E-state index in [1.165, 1.54) is 63.4 Å². The molecule has 208 valence electrons. The number of carbonyl (C=O) groups excluding carboxylic acids is 1. The Balaban J connectivity index is 0.00000684. The van der Waals surface area contributed by atoms with E-state index < -0.39 is 0 Å². The van der Waals surface area contributed by atoms with Gasteiger partial charge in [0.25, 0.3) is 5.91 Å². The molecule has 0 aliphatic heterocycles. The number of benzene rings is 1. The number of methoxy groups -OCH3 is 1. The molecule has 2 aromatic rings. The maximum absolute atomic E-state index is 12.2. The summed E-state index contributed by atoms with van der Waals surface area (Å²) in [6.07, 6.45) is 17.9. The molecular formula is C30H47IN2O4. The van der Waals surface area contributed by atoms with Crippen molar-refractivity contribution in [3.63, 3.8) is 0 Å². The number of nitrogens with one attached hydrogen (secondary N) is 1. The summed E-state index contributed by atoms with van der Waals surface area (Å²) in [5.41, 5.74) is 1.19. The fourth-order valence-corrected chi connectivity index (χ4v) is 4.04. The van der Waals surface area contributed by atoms with Crippen molar-refractivity contribution in [3.8, 4) is 17.2 Å². The van der Waals surface area contributed by atoms with Crippen LogP contribution in [0.1, 0.15) is 83.6 Å². The zero-order valence-corrected chi connectivity index (χ0v) is 25.3. The number of rotatable bonds is 20. The Kier molecular flexibility index (Phi) is 18.7. The van der Waals surface area contributed by atoms with Gasteiger partial charge in [0.15, 0.2) is 30.5 Å². The van der Waals surface area contributed by atoms with Crippen molar-refractivity contribution in [1.29, 1.82) is 0 Å². The lowest BCUT2D eigenvalue weighted by atomic mass is 10.1. The van der Waals surface area contributed by atoms with E-state index in [1.54, 1.807) is 13.2 Å². The first-order chi connectivity index (χ1) is 17.7. The molecule has 0 aliphatic carbocycles. The zero-order valence-electron chi connectivity index (χ0n) is 23.1. The van der Waals surface area contributed by atoms with Gasteiger partial charge in [-0.2, -0.15) is 0 Å². The van der Waals surface area contributed by atoms with Crippen LogP contribution in [0, 0.1) is 0 Å². The van der Waals surface area contributed by atoms with E-state index in [0.29, 0.717) is 30.4 Å². The fraction of sp³-hybridized carbons (Fsp3) is 0.600. The summed E-state index contributed by atoms with van der Waals surface area (Å²) in [5, 5.41) is 2.91. The van der Waals surface area contributed by atoms with Crippen LogP contribution in [0.4, 0.5) is 0 Å². The normalized spacial score (nSPS) is 10.5. The van der Waals surface area contributed by atoms with Gasteiger partial charge < -0.3 is 43.5 Å². The first kappa shape index (κ1) is 33.0. The maximum atomic E-state index is 12.2. The Morgan fingerprint density at radius 1 is 0.838 bits per heavy atom. The monoisotopic (exact) mass is 626 g/mol. The number of aryl methyl sites for hydroxylation is 1. The van der Waals surface area contributed by atoms with Gasteiger partial charge in [-0.05, 0) is 37.5 Å². The van der Waals surface area contributed by atoms with Crippen molar-refractivity contribution in [2.45, 2.75) is 91.0 Å². The topological polar surface area (TPSA) is 60.7 Å². The Hall–Kier alpha value is -2.03. The summed E-state index contributed by atoms with van der Waals surface area (Å²) in [6, 6.07) is 9.60. The third kappa shape index (κ3) is 14.5. The number of amides is 1. The molecule has 1 aromatic carbocycles. The molecule has 6 nitrogen and oxygen atoms in total. The first-order valence-corrected chi connectivity index (χ1v) is 13.8. The number of ether oxygens (including phenoxy) is 3. The van der Waals surface area contributed by atoms with Crippen LogP contribution in [0.2, 0.25) is 0 Å². The summed E-state index contributed by atoms with van der Waals surface area (Å²) in [7, 11) is 1.62. The number of hydrogen-bond acceptors (Lipinski definition) is 4. The molecule has 0 fully saturated rings. The summed E-state index contributed by atoms with van der Waals surface area (Å²) in [5.74, 6) is 1.76. The Labute approximate surface area is 241 Å². The standard InChI is InChI=1S/C30H46N2O4.HI/c1-4-6-7-8-9-10-11-12-13-14-23-35-28-16-15-27(24-29(28)34-3)36-25-30(33)31-20-17-26-18-21-32(5-2)22-19-26;/h15-16,18-19,21-22,24H,4-14,17,20,23,25H2,1-3H3;1H. The average molecular weight is 627 g/mol. The van der Waals surface area contributed by atoms with Gasteiger partial charge in [-0.3, -0.25) is 4.79 Å². The molecule has 0 bridgehead atoms. The maximum Gasteiger partial charge on any atom is 0.257 e. The van der Waals surface area contributed by atoms with Crippen LogP contribution in [0.5, 0.6) is 17.2 Å². The Morgan fingerprint density at radius 3 is 2.11 bits per heavy atom. The third-order valence-corrected chi connectivity index (χ3v) is 6.32. The SMILES string of the molecule is CCCCCCCCCCCCOc1ccc(OCC(=O)NCCc2cc[n+](CC)cc2)cc1OC.[I-]. The van der Waals surface area contributed by atoms with E-state index in [-0.39, 0.29) is 36.5 Å². The number of hydrogen-bond donors (Lipinski definition) is 1. The van der Waals surface area contributed by atoms with Gasteiger partial charge >= 0.3 is 0 Å². The number of carbonyl (C=O) groups is 1. The first-order valence-electron chi connectivity index (χ1n) is 13.8. The highest BCUT2D eigenvalue weighted by atomic mass is 127. The number of aromatic nitrogens is 1. The smallest absolute Gasteiger partial charge is 0.257 e. The van der Waals surface area contributed by atoms with Gasteiger partial charge in [0, 0.05) is 24.7 Å². The minimum Gasteiger partial charge on any atom is -1.00 e. The van der Waals surface area contributed by atoms with Gasteiger partial charge in [0.05, 0.1) is 13.7 Å². The summed E-state index contributed by atoms with van der Waals surface area (Å²) in [4.78, 5) is 12.2. The number of unbranched alkanes of at least 4 members (excludes halogenated alkanes) is 9. The Morgan fingerprint density at radius 2 is 1.49 bits per heavy atom. The Bertz CT molecular complexity index is 861. The highest BCUT2D eigenvalue weighted by Gasteiger charge is 2.09. The molecular weight excluding hydrogens is 579 g/mol. The summed E-state index contributed by atoms with van der Waals surface area (Å²) in [6.45, 7) is 6.53. The van der Waals surface area contributed by atoms with Crippen LogP contribution in [0.15, 0.2) is 42.7 Å². The van der Waals surface area contributed by atoms with Crippen LogP contribution < -0.4 is 48.1 Å². The van der Waals surface area contributed by atoms with Gasteiger partial charge in [0.1, 0.15) is 12.3 Å². The van der Waals surface area contributed by atoms with Crippen LogP contribution in [-0.4, -0.2) is 32.8 Å². The van der Waals surface area contributed by atoms with Crippen LogP contribution in [0.25, 0.3) is 0 Å². The average Bonchev–Trinajstić information content (AvgIpc) is 2.91. The zero-order chi connectivity index (χ0) is 25.8. The van der Waals surface area contributed by atoms with Crippen LogP contribution in [-0.2, 0) is 17.8 Å². The molecule has 37 heavy (non-hydrogen) atoms. The minimum absolute atomic E-state index is 0. The van der Waals surface area contributed by atoms with Crippen molar-refractivity contribution in [2.24, 2.45) is 0 Å².